The second kappa shape index (κ2) is 6.12. The van der Waals surface area contributed by atoms with Crippen LogP contribution >= 0.6 is 11.6 Å². The van der Waals surface area contributed by atoms with Gasteiger partial charge in [-0.25, -0.2) is 0 Å². The third-order valence-electron chi connectivity index (χ3n) is 2.83. The monoisotopic (exact) mass is 241 g/mol. The Morgan fingerprint density at radius 2 is 2.12 bits per heavy atom. The van der Waals surface area contributed by atoms with Gasteiger partial charge in [-0.15, -0.1) is 0 Å². The van der Waals surface area contributed by atoms with Crippen LogP contribution in [0.3, 0.4) is 0 Å². The van der Waals surface area contributed by atoms with Crippen LogP contribution in [0.15, 0.2) is 18.2 Å². The maximum atomic E-state index is 5.97. The van der Waals surface area contributed by atoms with Crippen molar-refractivity contribution in [1.29, 1.82) is 0 Å². The van der Waals surface area contributed by atoms with Crippen LogP contribution in [0.5, 0.6) is 5.75 Å². The molecule has 0 bridgehead atoms. The van der Waals surface area contributed by atoms with Crippen LogP contribution in [0.4, 0.5) is 0 Å². The minimum absolute atomic E-state index is 0.149. The first-order valence-corrected chi connectivity index (χ1v) is 6.06. The number of nitrogens with one attached hydrogen (secondary N) is 1. The first-order valence-electron chi connectivity index (χ1n) is 5.68. The van der Waals surface area contributed by atoms with Crippen molar-refractivity contribution in [2.75, 3.05) is 7.05 Å². The molecule has 0 heterocycles. The SMILES string of the molecule is CCC(NC)C(C)Oc1ccc(Cl)c(C)c1. The Morgan fingerprint density at radius 1 is 1.44 bits per heavy atom. The molecule has 1 aromatic carbocycles. The molecule has 0 amide bonds. The number of hydrogen-bond donors (Lipinski definition) is 1. The summed E-state index contributed by atoms with van der Waals surface area (Å²) in [5.41, 5.74) is 1.05. The summed E-state index contributed by atoms with van der Waals surface area (Å²) in [7, 11) is 1.96. The summed E-state index contributed by atoms with van der Waals surface area (Å²) in [5, 5.41) is 4.03. The molecule has 3 heteroatoms. The first-order chi connectivity index (χ1) is 7.58. The molecule has 0 saturated heterocycles. The van der Waals surface area contributed by atoms with E-state index in [2.05, 4.69) is 19.2 Å². The number of rotatable bonds is 5. The van der Waals surface area contributed by atoms with Crippen molar-refractivity contribution in [1.82, 2.24) is 5.32 Å². The Bertz CT molecular complexity index is 337. The summed E-state index contributed by atoms with van der Waals surface area (Å²) >= 11 is 5.97. The van der Waals surface area contributed by atoms with E-state index >= 15 is 0 Å². The van der Waals surface area contributed by atoms with Crippen LogP contribution in [0.1, 0.15) is 25.8 Å². The lowest BCUT2D eigenvalue weighted by Crippen LogP contribution is -2.38. The molecule has 0 aliphatic heterocycles. The van der Waals surface area contributed by atoms with Crippen molar-refractivity contribution in [2.45, 2.75) is 39.3 Å². The smallest absolute Gasteiger partial charge is 0.120 e. The number of benzene rings is 1. The molecule has 0 spiro atoms. The fourth-order valence-corrected chi connectivity index (χ4v) is 1.88. The predicted molar refractivity (Wildman–Crippen MR) is 69.4 cm³/mol. The third kappa shape index (κ3) is 3.39. The molecule has 2 atom stereocenters. The van der Waals surface area contributed by atoms with Gasteiger partial charge < -0.3 is 10.1 Å². The summed E-state index contributed by atoms with van der Waals surface area (Å²) in [5.74, 6) is 0.878. The summed E-state index contributed by atoms with van der Waals surface area (Å²) < 4.78 is 5.87. The predicted octanol–water partition coefficient (Wildman–Crippen LogP) is 3.41. The van der Waals surface area contributed by atoms with Crippen molar-refractivity contribution in [3.05, 3.63) is 28.8 Å². The molecular weight excluding hydrogens is 222 g/mol. The summed E-state index contributed by atoms with van der Waals surface area (Å²) in [6.45, 7) is 6.21. The topological polar surface area (TPSA) is 21.3 Å². The molecule has 0 saturated carbocycles. The van der Waals surface area contributed by atoms with E-state index < -0.39 is 0 Å². The molecule has 1 aromatic rings. The summed E-state index contributed by atoms with van der Waals surface area (Å²) in [4.78, 5) is 0. The molecule has 0 aliphatic rings. The molecule has 2 nitrogen and oxygen atoms in total. The normalized spacial score (nSPS) is 14.6. The van der Waals surface area contributed by atoms with Crippen LogP contribution in [0, 0.1) is 6.92 Å². The van der Waals surface area contributed by atoms with Gasteiger partial charge in [0.1, 0.15) is 11.9 Å². The van der Waals surface area contributed by atoms with Crippen molar-refractivity contribution in [3.8, 4) is 5.75 Å². The lowest BCUT2D eigenvalue weighted by atomic mass is 10.1. The summed E-state index contributed by atoms with van der Waals surface area (Å²) in [6, 6.07) is 6.13. The number of aryl methyl sites for hydroxylation is 1. The molecule has 0 aromatic heterocycles. The van der Waals surface area contributed by atoms with Crippen LogP contribution in [-0.4, -0.2) is 19.2 Å². The molecule has 16 heavy (non-hydrogen) atoms. The fourth-order valence-electron chi connectivity index (χ4n) is 1.76. The van der Waals surface area contributed by atoms with E-state index in [4.69, 9.17) is 16.3 Å². The van der Waals surface area contributed by atoms with E-state index in [0.29, 0.717) is 6.04 Å². The third-order valence-corrected chi connectivity index (χ3v) is 3.25. The molecule has 1 N–H and O–H groups in total. The van der Waals surface area contributed by atoms with E-state index in [-0.39, 0.29) is 6.10 Å². The first kappa shape index (κ1) is 13.3. The largest absolute Gasteiger partial charge is 0.489 e. The standard InChI is InChI=1S/C13H20ClNO/c1-5-13(15-4)10(3)16-11-6-7-12(14)9(2)8-11/h6-8,10,13,15H,5H2,1-4H3. The van der Waals surface area contributed by atoms with Crippen molar-refractivity contribution in [2.24, 2.45) is 0 Å². The average Bonchev–Trinajstić information content (AvgIpc) is 2.25. The van der Waals surface area contributed by atoms with Gasteiger partial charge in [-0.3, -0.25) is 0 Å². The molecule has 0 radical (unpaired) electrons. The van der Waals surface area contributed by atoms with Crippen LogP contribution < -0.4 is 10.1 Å². The van der Waals surface area contributed by atoms with Gasteiger partial charge in [0.2, 0.25) is 0 Å². The van der Waals surface area contributed by atoms with Crippen LogP contribution in [0.2, 0.25) is 5.02 Å². The lowest BCUT2D eigenvalue weighted by molar-refractivity contribution is 0.172. The Morgan fingerprint density at radius 3 is 2.62 bits per heavy atom. The molecule has 1 rings (SSSR count). The van der Waals surface area contributed by atoms with Crippen molar-refractivity contribution < 1.29 is 4.74 Å². The van der Waals surface area contributed by atoms with E-state index in [1.165, 1.54) is 0 Å². The van der Waals surface area contributed by atoms with E-state index in [1.807, 2.05) is 32.2 Å². The molecule has 0 fully saturated rings. The average molecular weight is 242 g/mol. The zero-order chi connectivity index (χ0) is 12.1. The van der Waals surface area contributed by atoms with E-state index in [0.717, 1.165) is 22.8 Å². The van der Waals surface area contributed by atoms with Crippen molar-refractivity contribution in [3.63, 3.8) is 0 Å². The van der Waals surface area contributed by atoms with Gasteiger partial charge in [-0.05, 0) is 51.1 Å². The van der Waals surface area contributed by atoms with Crippen LogP contribution in [0.25, 0.3) is 0 Å². The Kier molecular flexibility index (Phi) is 5.10. The van der Waals surface area contributed by atoms with Gasteiger partial charge in [0.05, 0.1) is 0 Å². The van der Waals surface area contributed by atoms with Gasteiger partial charge in [-0.1, -0.05) is 18.5 Å². The fraction of sp³-hybridized carbons (Fsp3) is 0.538. The Hall–Kier alpha value is -0.730. The van der Waals surface area contributed by atoms with Crippen LogP contribution in [-0.2, 0) is 0 Å². The van der Waals surface area contributed by atoms with Gasteiger partial charge in [0.25, 0.3) is 0 Å². The highest BCUT2D eigenvalue weighted by Crippen LogP contribution is 2.22. The van der Waals surface area contributed by atoms with E-state index in [9.17, 15) is 0 Å². The number of ether oxygens (including phenoxy) is 1. The van der Waals surface area contributed by atoms with E-state index in [1.54, 1.807) is 0 Å². The molecule has 2 unspecified atom stereocenters. The Balaban J connectivity index is 2.69. The number of hydrogen-bond acceptors (Lipinski definition) is 2. The zero-order valence-electron chi connectivity index (χ0n) is 10.4. The Labute approximate surface area is 103 Å². The number of likely N-dealkylation sites (N-methyl/N-ethyl adjacent to an activating group) is 1. The molecular formula is C13H20ClNO. The minimum atomic E-state index is 0.149. The van der Waals surface area contributed by atoms with Gasteiger partial charge in [-0.2, -0.15) is 0 Å². The highest BCUT2D eigenvalue weighted by Gasteiger charge is 2.14. The molecule has 0 aliphatic carbocycles. The lowest BCUT2D eigenvalue weighted by Gasteiger charge is -2.23. The second-order valence-electron chi connectivity index (χ2n) is 4.04. The maximum absolute atomic E-state index is 5.97. The number of halogens is 1. The molecule has 90 valence electrons. The zero-order valence-corrected chi connectivity index (χ0v) is 11.1. The van der Waals surface area contributed by atoms with Crippen molar-refractivity contribution >= 4 is 11.6 Å². The summed E-state index contributed by atoms with van der Waals surface area (Å²) in [6.07, 6.45) is 1.19. The van der Waals surface area contributed by atoms with Gasteiger partial charge >= 0.3 is 0 Å². The minimum Gasteiger partial charge on any atom is -0.489 e. The van der Waals surface area contributed by atoms with Gasteiger partial charge in [0.15, 0.2) is 0 Å². The second-order valence-corrected chi connectivity index (χ2v) is 4.44. The quantitative estimate of drug-likeness (QED) is 0.853. The highest BCUT2D eigenvalue weighted by atomic mass is 35.5. The highest BCUT2D eigenvalue weighted by molar-refractivity contribution is 6.31. The maximum Gasteiger partial charge on any atom is 0.120 e. The van der Waals surface area contributed by atoms with Gasteiger partial charge in [0, 0.05) is 11.1 Å².